The zero-order valence-corrected chi connectivity index (χ0v) is 40.6. The molecular formula is C48H78O22. The Morgan fingerprint density at radius 1 is 0.629 bits per heavy atom. The standard InChI is InChI=1S/C48H78O22/c1-43(2)13-20-19-7-8-24-44(3)11-10-26(45(4,17-51)23(44)9-12-46(24,5)47(19,6)14-25(53)48(20,18-52)38(62)37(43)61)67-42-35(69-41-32(59)30(57)28(55)22(16-50)66-41)33(60)34(36(70-42)39(63)64)68-40-31(58)29(56)27(54)21(15-49)65-40/h7,20-38,40-42,49-62H,8-18H2,1-6H3,(H,63,64)/t20?,21-,22-,23?,24?,25-,26?,27-,28-,29+,30+,31-,32-,33?,34+,35-,36+,37+,38+,40+,41+,42?,44+,45-,46-,47+,48+/m1/s1. The number of hydrogen-bond donors (Lipinski definition) is 15. The topological polar surface area (TPSA) is 376 Å². The largest absolute Gasteiger partial charge is 0.479 e. The fraction of sp³-hybridized carbons (Fsp3) is 0.938. The molecule has 15 N–H and O–H groups in total. The van der Waals surface area contributed by atoms with Crippen molar-refractivity contribution in [2.45, 2.75) is 203 Å². The molecule has 0 bridgehead atoms. The summed E-state index contributed by atoms with van der Waals surface area (Å²) in [5.41, 5.74) is -3.63. The average Bonchev–Trinajstić information content (AvgIpc) is 3.31. The van der Waals surface area contributed by atoms with Crippen molar-refractivity contribution in [1.29, 1.82) is 0 Å². The number of fused-ring (bicyclic) bond motifs is 7. The molecule has 5 aliphatic carbocycles. The van der Waals surface area contributed by atoms with Crippen molar-refractivity contribution in [1.82, 2.24) is 0 Å². The van der Waals surface area contributed by atoms with E-state index in [0.29, 0.717) is 32.1 Å². The van der Waals surface area contributed by atoms with Crippen LogP contribution in [-0.4, -0.2) is 226 Å². The van der Waals surface area contributed by atoms with Crippen LogP contribution in [-0.2, 0) is 33.2 Å². The van der Waals surface area contributed by atoms with E-state index in [-0.39, 0.29) is 24.7 Å². The van der Waals surface area contributed by atoms with Crippen LogP contribution < -0.4 is 0 Å². The highest BCUT2D eigenvalue weighted by atomic mass is 16.8. The molecule has 3 aliphatic heterocycles. The summed E-state index contributed by atoms with van der Waals surface area (Å²) in [6, 6.07) is 0. The van der Waals surface area contributed by atoms with Crippen LogP contribution >= 0.6 is 0 Å². The van der Waals surface area contributed by atoms with Gasteiger partial charge in [-0.25, -0.2) is 4.79 Å². The van der Waals surface area contributed by atoms with E-state index in [4.69, 9.17) is 28.4 Å². The maximum absolute atomic E-state index is 13.0. The fourth-order valence-electron chi connectivity index (χ4n) is 15.4. The van der Waals surface area contributed by atoms with Gasteiger partial charge in [0.1, 0.15) is 67.1 Å². The van der Waals surface area contributed by atoms with Crippen molar-refractivity contribution in [2.24, 2.45) is 50.2 Å². The summed E-state index contributed by atoms with van der Waals surface area (Å²) >= 11 is 0. The molecule has 27 atom stereocenters. The third-order valence-corrected chi connectivity index (χ3v) is 19.8. The zero-order valence-electron chi connectivity index (χ0n) is 40.6. The minimum Gasteiger partial charge on any atom is -0.479 e. The lowest BCUT2D eigenvalue weighted by Gasteiger charge is -2.72. The normalized spacial score (nSPS) is 55.6. The number of allylic oxidation sites excluding steroid dienone is 2. The first-order chi connectivity index (χ1) is 32.7. The Labute approximate surface area is 406 Å². The molecule has 8 rings (SSSR count). The van der Waals surface area contributed by atoms with Crippen LogP contribution in [0.4, 0.5) is 0 Å². The molecule has 7 fully saturated rings. The first-order valence-electron chi connectivity index (χ1n) is 24.8. The minimum absolute atomic E-state index is 0.0213. The van der Waals surface area contributed by atoms with Crippen LogP contribution in [0.1, 0.15) is 86.5 Å². The molecule has 8 aliphatic rings. The van der Waals surface area contributed by atoms with Crippen LogP contribution in [0, 0.1) is 50.2 Å². The monoisotopic (exact) mass is 1010 g/mol. The van der Waals surface area contributed by atoms with Crippen LogP contribution in [0.25, 0.3) is 0 Å². The molecule has 3 heterocycles. The Kier molecular flexibility index (Phi) is 15.0. The lowest BCUT2D eigenvalue weighted by molar-refractivity contribution is -0.392. The predicted molar refractivity (Wildman–Crippen MR) is 236 cm³/mol. The SMILES string of the molecule is CC1(C)CC2C3=CCC4[C@@]5(C)CCC(OC6O[C@H](C(=O)O)[C@@H](O[C@@H]7O[C@H](CO)[C@@H](O)[C@H](O)[C@H]7O)C(O)[C@H]6O[C@@H]6O[C@H](CO)[C@@H](O)[C@H](O)[C@H]6O)[C@](C)(CO)C5CC[C@@]4(C)[C@@]3(C)C[C@@H](O)[C@@]2(CO)[C@@H](O)[C@@H]1O. The summed E-state index contributed by atoms with van der Waals surface area (Å²) in [6.07, 6.45) is -27.6. The Morgan fingerprint density at radius 2 is 1.20 bits per heavy atom. The second kappa shape index (κ2) is 19.2. The van der Waals surface area contributed by atoms with Gasteiger partial charge in [-0.05, 0) is 84.4 Å². The summed E-state index contributed by atoms with van der Waals surface area (Å²) in [5.74, 6) is -2.40. The van der Waals surface area contributed by atoms with Crippen molar-refractivity contribution in [3.8, 4) is 0 Å². The number of hydrogen-bond acceptors (Lipinski definition) is 21. The highest BCUT2D eigenvalue weighted by molar-refractivity contribution is 5.73. The maximum atomic E-state index is 13.0. The summed E-state index contributed by atoms with van der Waals surface area (Å²) in [5, 5.41) is 164. The van der Waals surface area contributed by atoms with Crippen molar-refractivity contribution in [3.05, 3.63) is 11.6 Å². The lowest BCUT2D eigenvalue weighted by Crippen LogP contribution is -2.72. The molecule has 0 aromatic rings. The van der Waals surface area contributed by atoms with E-state index in [0.717, 1.165) is 5.57 Å². The van der Waals surface area contributed by atoms with Gasteiger partial charge in [0.25, 0.3) is 0 Å². The first-order valence-corrected chi connectivity index (χ1v) is 24.8. The highest BCUT2D eigenvalue weighted by Crippen LogP contribution is 2.76. The van der Waals surface area contributed by atoms with Gasteiger partial charge in [-0.1, -0.05) is 53.2 Å². The summed E-state index contributed by atoms with van der Waals surface area (Å²) in [4.78, 5) is 13.0. The Balaban J connectivity index is 1.11. The molecule has 0 amide bonds. The van der Waals surface area contributed by atoms with Gasteiger partial charge >= 0.3 is 5.97 Å². The van der Waals surface area contributed by atoms with Gasteiger partial charge in [0.15, 0.2) is 25.0 Å². The second-order valence-corrected chi connectivity index (χ2v) is 23.6. The molecule has 70 heavy (non-hydrogen) atoms. The summed E-state index contributed by atoms with van der Waals surface area (Å²) in [7, 11) is 0. The van der Waals surface area contributed by atoms with Gasteiger partial charge in [0.05, 0.1) is 56.3 Å². The highest BCUT2D eigenvalue weighted by Gasteiger charge is 2.73. The maximum Gasteiger partial charge on any atom is 0.335 e. The number of aliphatic carboxylic acids is 1. The van der Waals surface area contributed by atoms with Gasteiger partial charge in [-0.15, -0.1) is 0 Å². The van der Waals surface area contributed by atoms with Gasteiger partial charge in [0.2, 0.25) is 0 Å². The van der Waals surface area contributed by atoms with Crippen LogP contribution in [0.15, 0.2) is 11.6 Å². The minimum atomic E-state index is -2.15. The van der Waals surface area contributed by atoms with Gasteiger partial charge in [0, 0.05) is 5.41 Å². The van der Waals surface area contributed by atoms with E-state index in [1.807, 2.05) is 20.8 Å². The average molecular weight is 1010 g/mol. The fourth-order valence-corrected chi connectivity index (χ4v) is 15.4. The summed E-state index contributed by atoms with van der Waals surface area (Å²) in [6.45, 7) is 9.60. The number of ether oxygens (including phenoxy) is 6. The zero-order chi connectivity index (χ0) is 51.6. The van der Waals surface area contributed by atoms with E-state index in [1.165, 1.54) is 0 Å². The quantitative estimate of drug-likeness (QED) is 0.0708. The molecule has 0 radical (unpaired) electrons. The van der Waals surface area contributed by atoms with Crippen molar-refractivity contribution in [2.75, 3.05) is 26.4 Å². The van der Waals surface area contributed by atoms with Gasteiger partial charge in [-0.2, -0.15) is 0 Å². The molecule has 4 saturated carbocycles. The molecule has 22 nitrogen and oxygen atoms in total. The van der Waals surface area contributed by atoms with E-state index in [2.05, 4.69) is 26.8 Å². The molecule has 6 unspecified atom stereocenters. The molecule has 22 heteroatoms. The number of carbonyl (C=O) groups is 1. The van der Waals surface area contributed by atoms with Crippen molar-refractivity contribution < 1.29 is 110 Å². The van der Waals surface area contributed by atoms with E-state index in [9.17, 15) is 81.4 Å². The van der Waals surface area contributed by atoms with E-state index < -0.39 is 187 Å². The van der Waals surface area contributed by atoms with Crippen LogP contribution in [0.5, 0.6) is 0 Å². The lowest BCUT2D eigenvalue weighted by atomic mass is 9.33. The number of aliphatic hydroxyl groups is 14. The van der Waals surface area contributed by atoms with Crippen molar-refractivity contribution >= 4 is 5.97 Å². The number of carboxylic acid groups (broad SMARTS) is 1. The Morgan fingerprint density at radius 3 is 1.73 bits per heavy atom. The van der Waals surface area contributed by atoms with Gasteiger partial charge < -0.3 is 105 Å². The summed E-state index contributed by atoms with van der Waals surface area (Å²) < 4.78 is 35.7. The molecule has 0 spiro atoms. The molecule has 0 aromatic heterocycles. The molecular weight excluding hydrogens is 929 g/mol. The van der Waals surface area contributed by atoms with Crippen LogP contribution in [0.3, 0.4) is 0 Å². The molecule has 402 valence electrons. The van der Waals surface area contributed by atoms with Crippen molar-refractivity contribution in [3.63, 3.8) is 0 Å². The van der Waals surface area contributed by atoms with E-state index >= 15 is 0 Å². The number of carboxylic acids is 1. The number of aliphatic hydroxyl groups excluding tert-OH is 14. The Bertz CT molecular complexity index is 1920. The molecule has 0 aromatic carbocycles. The number of rotatable bonds is 11. The van der Waals surface area contributed by atoms with Crippen LogP contribution in [0.2, 0.25) is 0 Å². The first kappa shape index (κ1) is 54.7. The van der Waals surface area contributed by atoms with Gasteiger partial charge in [-0.3, -0.25) is 0 Å². The second-order valence-electron chi connectivity index (χ2n) is 23.6. The van der Waals surface area contributed by atoms with E-state index in [1.54, 1.807) is 0 Å². The smallest absolute Gasteiger partial charge is 0.335 e. The predicted octanol–water partition coefficient (Wildman–Crippen LogP) is -3.41. The third-order valence-electron chi connectivity index (χ3n) is 19.8. The third kappa shape index (κ3) is 8.00. The molecule has 3 saturated heterocycles. The Hall–Kier alpha value is -1.59.